The Labute approximate surface area is 160 Å². The lowest BCUT2D eigenvalue weighted by Crippen LogP contribution is -2.50. The predicted octanol–water partition coefficient (Wildman–Crippen LogP) is 3.13. The van der Waals surface area contributed by atoms with Gasteiger partial charge in [0.05, 0.1) is 21.4 Å². The first-order valence-electron chi connectivity index (χ1n) is 7.63. The van der Waals surface area contributed by atoms with Crippen molar-refractivity contribution in [1.82, 2.24) is 9.21 Å². The topological polar surface area (TPSA) is 57.7 Å². The maximum atomic E-state index is 12.7. The van der Waals surface area contributed by atoms with Gasteiger partial charge in [-0.3, -0.25) is 4.79 Å². The monoisotopic (exact) mass is 418 g/mol. The number of rotatable bonds is 4. The van der Waals surface area contributed by atoms with Crippen LogP contribution in [0.2, 0.25) is 10.0 Å². The van der Waals surface area contributed by atoms with Gasteiger partial charge in [-0.15, -0.1) is 11.3 Å². The van der Waals surface area contributed by atoms with Crippen molar-refractivity contribution < 1.29 is 13.2 Å². The van der Waals surface area contributed by atoms with E-state index in [9.17, 15) is 13.2 Å². The maximum Gasteiger partial charge on any atom is 0.243 e. The first-order valence-corrected chi connectivity index (χ1v) is 10.7. The molecule has 25 heavy (non-hydrogen) atoms. The van der Waals surface area contributed by atoms with Crippen LogP contribution in [0.5, 0.6) is 0 Å². The summed E-state index contributed by atoms with van der Waals surface area (Å²) in [4.78, 5) is 15.1. The average Bonchev–Trinajstić information content (AvgIpc) is 3.10. The Morgan fingerprint density at radius 2 is 1.80 bits per heavy atom. The van der Waals surface area contributed by atoms with E-state index in [0.29, 0.717) is 24.5 Å². The fourth-order valence-electron chi connectivity index (χ4n) is 2.64. The Morgan fingerprint density at radius 1 is 1.08 bits per heavy atom. The summed E-state index contributed by atoms with van der Waals surface area (Å²) < 4.78 is 26.8. The molecular weight excluding hydrogens is 403 g/mol. The van der Waals surface area contributed by atoms with Crippen LogP contribution in [-0.2, 0) is 21.2 Å². The van der Waals surface area contributed by atoms with Crippen molar-refractivity contribution in [2.75, 3.05) is 26.2 Å². The lowest BCUT2D eigenvalue weighted by molar-refractivity contribution is -0.131. The van der Waals surface area contributed by atoms with E-state index >= 15 is 0 Å². The van der Waals surface area contributed by atoms with Crippen LogP contribution in [0, 0.1) is 0 Å². The Morgan fingerprint density at radius 3 is 2.40 bits per heavy atom. The van der Waals surface area contributed by atoms with Crippen LogP contribution in [-0.4, -0.2) is 49.7 Å². The third-order valence-corrected chi connectivity index (χ3v) is 7.54. The van der Waals surface area contributed by atoms with E-state index in [0.717, 1.165) is 4.88 Å². The van der Waals surface area contributed by atoms with Crippen molar-refractivity contribution in [3.63, 3.8) is 0 Å². The van der Waals surface area contributed by atoms with Gasteiger partial charge in [-0.2, -0.15) is 4.31 Å². The number of halogens is 2. The largest absolute Gasteiger partial charge is 0.340 e. The molecule has 1 aromatic carbocycles. The van der Waals surface area contributed by atoms with Gasteiger partial charge in [0.2, 0.25) is 15.9 Å². The minimum absolute atomic E-state index is 0.0223. The van der Waals surface area contributed by atoms with Gasteiger partial charge in [-0.25, -0.2) is 8.42 Å². The van der Waals surface area contributed by atoms with Crippen LogP contribution in [0.15, 0.2) is 40.6 Å². The summed E-state index contributed by atoms with van der Waals surface area (Å²) >= 11 is 13.3. The molecule has 1 aliphatic heterocycles. The molecule has 0 N–H and O–H groups in total. The van der Waals surface area contributed by atoms with Crippen LogP contribution in [0.25, 0.3) is 0 Å². The molecule has 1 fully saturated rings. The molecule has 1 amide bonds. The first kappa shape index (κ1) is 18.7. The van der Waals surface area contributed by atoms with Crippen LogP contribution in [0.3, 0.4) is 0 Å². The summed E-state index contributed by atoms with van der Waals surface area (Å²) in [6.45, 7) is 1.28. The SMILES string of the molecule is O=C(Cc1cccs1)N1CCN(S(=O)(=O)c2ccc(Cl)c(Cl)c2)CC1. The van der Waals surface area contributed by atoms with Gasteiger partial charge in [0.1, 0.15) is 0 Å². The Hall–Kier alpha value is -1.12. The van der Waals surface area contributed by atoms with E-state index in [-0.39, 0.29) is 28.9 Å². The summed E-state index contributed by atoms with van der Waals surface area (Å²) in [6, 6.07) is 8.10. The number of sulfonamides is 1. The van der Waals surface area contributed by atoms with Gasteiger partial charge in [-0.1, -0.05) is 29.3 Å². The fraction of sp³-hybridized carbons (Fsp3) is 0.312. The normalized spacial score (nSPS) is 16.2. The summed E-state index contributed by atoms with van der Waals surface area (Å²) in [6.07, 6.45) is 0.358. The third kappa shape index (κ3) is 4.17. The molecule has 134 valence electrons. The van der Waals surface area contributed by atoms with E-state index in [1.165, 1.54) is 22.5 Å². The highest BCUT2D eigenvalue weighted by molar-refractivity contribution is 7.89. The van der Waals surface area contributed by atoms with Gasteiger partial charge in [0.15, 0.2) is 0 Å². The molecule has 1 aromatic heterocycles. The van der Waals surface area contributed by atoms with Gasteiger partial charge in [-0.05, 0) is 29.6 Å². The second kappa shape index (κ2) is 7.63. The molecule has 5 nitrogen and oxygen atoms in total. The number of carbonyl (C=O) groups excluding carboxylic acids is 1. The van der Waals surface area contributed by atoms with E-state index in [1.54, 1.807) is 16.2 Å². The van der Waals surface area contributed by atoms with Gasteiger partial charge >= 0.3 is 0 Å². The van der Waals surface area contributed by atoms with Crippen molar-refractivity contribution in [1.29, 1.82) is 0 Å². The van der Waals surface area contributed by atoms with Gasteiger partial charge < -0.3 is 4.90 Å². The smallest absolute Gasteiger partial charge is 0.243 e. The van der Waals surface area contributed by atoms with E-state index in [2.05, 4.69) is 0 Å². The molecule has 0 saturated carbocycles. The summed E-state index contributed by atoms with van der Waals surface area (Å²) in [7, 11) is -3.65. The van der Waals surface area contributed by atoms with Crippen molar-refractivity contribution in [3.8, 4) is 0 Å². The van der Waals surface area contributed by atoms with E-state index in [4.69, 9.17) is 23.2 Å². The summed E-state index contributed by atoms with van der Waals surface area (Å²) in [5.41, 5.74) is 0. The fourth-order valence-corrected chi connectivity index (χ4v) is 5.15. The quantitative estimate of drug-likeness (QED) is 0.765. The summed E-state index contributed by atoms with van der Waals surface area (Å²) in [5, 5.41) is 2.45. The zero-order valence-electron chi connectivity index (χ0n) is 13.2. The highest BCUT2D eigenvalue weighted by Gasteiger charge is 2.30. The van der Waals surface area contributed by atoms with Crippen LogP contribution < -0.4 is 0 Å². The minimum Gasteiger partial charge on any atom is -0.340 e. The van der Waals surface area contributed by atoms with Crippen molar-refractivity contribution in [3.05, 3.63) is 50.6 Å². The second-order valence-corrected chi connectivity index (χ2v) is 9.40. The van der Waals surface area contributed by atoms with Crippen molar-refractivity contribution in [2.24, 2.45) is 0 Å². The molecule has 1 aliphatic rings. The Bertz CT molecular complexity index is 862. The lowest BCUT2D eigenvalue weighted by atomic mass is 10.3. The van der Waals surface area contributed by atoms with Crippen LogP contribution in [0.4, 0.5) is 0 Å². The van der Waals surface area contributed by atoms with Gasteiger partial charge in [0.25, 0.3) is 0 Å². The van der Waals surface area contributed by atoms with E-state index in [1.807, 2.05) is 17.5 Å². The number of hydrogen-bond donors (Lipinski definition) is 0. The Kier molecular flexibility index (Phi) is 5.70. The minimum atomic E-state index is -3.65. The zero-order chi connectivity index (χ0) is 18.0. The molecular formula is C16H16Cl2N2O3S2. The predicted molar refractivity (Wildman–Crippen MR) is 99.8 cm³/mol. The van der Waals surface area contributed by atoms with Gasteiger partial charge in [0, 0.05) is 31.1 Å². The average molecular weight is 419 g/mol. The molecule has 1 saturated heterocycles. The highest BCUT2D eigenvalue weighted by atomic mass is 35.5. The van der Waals surface area contributed by atoms with Crippen molar-refractivity contribution in [2.45, 2.75) is 11.3 Å². The molecule has 2 aromatic rings. The molecule has 0 radical (unpaired) electrons. The molecule has 0 atom stereocenters. The first-order chi connectivity index (χ1) is 11.9. The number of thiophene rings is 1. The standard InChI is InChI=1S/C16H16Cl2N2O3S2/c17-14-4-3-13(11-15(14)18)25(22,23)20-7-5-19(6-8-20)16(21)10-12-2-1-9-24-12/h1-4,9,11H,5-8,10H2. The van der Waals surface area contributed by atoms with Crippen LogP contribution >= 0.6 is 34.5 Å². The van der Waals surface area contributed by atoms with E-state index < -0.39 is 10.0 Å². The summed E-state index contributed by atoms with van der Waals surface area (Å²) in [5.74, 6) is 0.0223. The third-order valence-electron chi connectivity index (χ3n) is 4.03. The number of benzene rings is 1. The number of piperazine rings is 1. The second-order valence-electron chi connectivity index (χ2n) is 5.62. The molecule has 0 spiro atoms. The Balaban J connectivity index is 1.64. The molecule has 2 heterocycles. The molecule has 0 bridgehead atoms. The molecule has 3 rings (SSSR count). The van der Waals surface area contributed by atoms with Crippen LogP contribution in [0.1, 0.15) is 4.88 Å². The van der Waals surface area contributed by atoms with Crippen molar-refractivity contribution >= 4 is 50.5 Å². The number of amides is 1. The zero-order valence-corrected chi connectivity index (χ0v) is 16.3. The molecule has 0 aliphatic carbocycles. The lowest BCUT2D eigenvalue weighted by Gasteiger charge is -2.34. The number of carbonyl (C=O) groups is 1. The number of hydrogen-bond acceptors (Lipinski definition) is 4. The maximum absolute atomic E-state index is 12.7. The highest BCUT2D eigenvalue weighted by Crippen LogP contribution is 2.27. The molecule has 0 unspecified atom stereocenters. The molecule has 9 heteroatoms. The number of nitrogens with zero attached hydrogens (tertiary/aromatic N) is 2.